The number of nitrogens with zero attached hydrogens (tertiary/aromatic N) is 4. The molecule has 9 nitrogen and oxygen atoms in total. The second-order valence-electron chi connectivity index (χ2n) is 12.5. The fraction of sp³-hybridized carbons (Fsp3) is 0.382. The summed E-state index contributed by atoms with van der Waals surface area (Å²) in [6.07, 6.45) is 0.908. The van der Waals surface area contributed by atoms with Crippen LogP contribution in [0.3, 0.4) is 0 Å². The van der Waals surface area contributed by atoms with Crippen molar-refractivity contribution in [3.05, 3.63) is 81.2 Å². The number of aromatic nitrogens is 2. The average Bonchev–Trinajstić information content (AvgIpc) is 3.59. The molecule has 0 radical (unpaired) electrons. The van der Waals surface area contributed by atoms with Gasteiger partial charge in [0.25, 0.3) is 5.91 Å². The Morgan fingerprint density at radius 3 is 2.61 bits per heavy atom. The van der Waals surface area contributed by atoms with Crippen LogP contribution in [-0.2, 0) is 4.74 Å². The van der Waals surface area contributed by atoms with Crippen LogP contribution in [0.5, 0.6) is 11.6 Å². The van der Waals surface area contributed by atoms with Crippen molar-refractivity contribution in [3.8, 4) is 22.9 Å². The SMILES string of the molecule is COc1cccc2nc(C(=O)N(CC[C@@H]3CCN3C(=O)OC(C)(C)C)C3COc4c3ccc(Cl)c4Cl)c(-c3ccc(F)c(C)c3)n12. The van der Waals surface area contributed by atoms with Crippen LogP contribution in [0.4, 0.5) is 9.18 Å². The van der Waals surface area contributed by atoms with Crippen molar-refractivity contribution in [3.63, 3.8) is 0 Å². The quantitative estimate of drug-likeness (QED) is 0.200. The number of aryl methyl sites for hydroxylation is 1. The van der Waals surface area contributed by atoms with Gasteiger partial charge in [-0.1, -0.05) is 35.3 Å². The summed E-state index contributed by atoms with van der Waals surface area (Å²) >= 11 is 12.8. The predicted molar refractivity (Wildman–Crippen MR) is 174 cm³/mol. The van der Waals surface area contributed by atoms with Crippen molar-refractivity contribution in [1.29, 1.82) is 0 Å². The van der Waals surface area contributed by atoms with Crippen LogP contribution in [0, 0.1) is 12.7 Å². The van der Waals surface area contributed by atoms with Gasteiger partial charge in [0, 0.05) is 30.3 Å². The Morgan fingerprint density at radius 2 is 1.93 bits per heavy atom. The van der Waals surface area contributed by atoms with Crippen molar-refractivity contribution in [2.24, 2.45) is 0 Å². The first-order chi connectivity index (χ1) is 21.9. The van der Waals surface area contributed by atoms with Gasteiger partial charge in [-0.2, -0.15) is 0 Å². The molecule has 2 aromatic carbocycles. The van der Waals surface area contributed by atoms with Gasteiger partial charge in [0.1, 0.15) is 34.4 Å². The first kappa shape index (κ1) is 31.9. The molecule has 2 aliphatic heterocycles. The Morgan fingerprint density at radius 1 is 1.15 bits per heavy atom. The molecular weight excluding hydrogens is 634 g/mol. The number of benzene rings is 2. The number of pyridine rings is 1. The first-order valence-electron chi connectivity index (χ1n) is 15.1. The molecule has 4 heterocycles. The predicted octanol–water partition coefficient (Wildman–Crippen LogP) is 7.74. The number of carbonyl (C=O) groups excluding carboxylic acids is 2. The molecule has 0 saturated carbocycles. The third kappa shape index (κ3) is 5.84. The van der Waals surface area contributed by atoms with Crippen molar-refractivity contribution in [2.75, 3.05) is 26.8 Å². The summed E-state index contributed by atoms with van der Waals surface area (Å²) in [5.41, 5.74) is 2.26. The summed E-state index contributed by atoms with van der Waals surface area (Å²) in [4.78, 5) is 35.9. The van der Waals surface area contributed by atoms with E-state index in [0.717, 1.165) is 12.0 Å². The van der Waals surface area contributed by atoms with Crippen LogP contribution < -0.4 is 9.47 Å². The van der Waals surface area contributed by atoms with E-state index in [1.807, 2.05) is 26.8 Å². The van der Waals surface area contributed by atoms with Gasteiger partial charge in [0.2, 0.25) is 0 Å². The van der Waals surface area contributed by atoms with E-state index in [4.69, 9.17) is 42.4 Å². The van der Waals surface area contributed by atoms with E-state index in [0.29, 0.717) is 52.1 Å². The van der Waals surface area contributed by atoms with E-state index in [9.17, 15) is 14.0 Å². The minimum absolute atomic E-state index is 0.110. The molecule has 1 saturated heterocycles. The van der Waals surface area contributed by atoms with E-state index >= 15 is 0 Å². The third-order valence-corrected chi connectivity index (χ3v) is 9.18. The molecule has 46 heavy (non-hydrogen) atoms. The summed E-state index contributed by atoms with van der Waals surface area (Å²) in [7, 11) is 1.54. The number of carbonyl (C=O) groups is 2. The number of methoxy groups -OCH3 is 1. The minimum Gasteiger partial charge on any atom is -0.489 e. The molecule has 12 heteroatoms. The van der Waals surface area contributed by atoms with E-state index in [1.165, 1.54) is 6.07 Å². The number of imidazole rings is 1. The Kier molecular flexibility index (Phi) is 8.54. The number of hydrogen-bond acceptors (Lipinski definition) is 6. The summed E-state index contributed by atoms with van der Waals surface area (Å²) in [6, 6.07) is 12.9. The lowest BCUT2D eigenvalue weighted by atomic mass is 9.98. The van der Waals surface area contributed by atoms with Crippen LogP contribution in [0.2, 0.25) is 10.0 Å². The number of ether oxygens (including phenoxy) is 3. The zero-order valence-electron chi connectivity index (χ0n) is 26.3. The van der Waals surface area contributed by atoms with Gasteiger partial charge >= 0.3 is 6.09 Å². The van der Waals surface area contributed by atoms with Crippen LogP contribution in [0.15, 0.2) is 48.5 Å². The smallest absolute Gasteiger partial charge is 0.410 e. The normalized spacial score (nSPS) is 17.3. The fourth-order valence-electron chi connectivity index (χ4n) is 6.02. The standard InChI is InChI=1S/C34H35Cl2FN4O5/c1-19-17-20(9-12-24(19)37)30-29(38-26-7-6-8-27(44-5)41(26)30)32(42)40(25-18-45-31-22(25)10-11-23(35)28(31)36)16-14-21-13-15-39(21)33(43)46-34(2,3)4/h6-12,17,21,25H,13-16,18H2,1-5H3/t21-,25?/m0/s1. The van der Waals surface area contributed by atoms with Crippen LogP contribution >= 0.6 is 23.2 Å². The number of likely N-dealkylation sites (tertiary alicyclic amines) is 1. The summed E-state index contributed by atoms with van der Waals surface area (Å²) in [6.45, 7) is 8.19. The molecule has 242 valence electrons. The van der Waals surface area contributed by atoms with Gasteiger partial charge in [-0.25, -0.2) is 14.2 Å². The third-order valence-electron chi connectivity index (χ3n) is 8.39. The van der Waals surface area contributed by atoms with Crippen molar-refractivity contribution in [1.82, 2.24) is 19.2 Å². The molecule has 4 aromatic rings. The maximum atomic E-state index is 14.8. The average molecular weight is 670 g/mol. The van der Waals surface area contributed by atoms with Crippen molar-refractivity contribution >= 4 is 40.8 Å². The monoisotopic (exact) mass is 668 g/mol. The number of fused-ring (bicyclic) bond motifs is 2. The van der Waals surface area contributed by atoms with Gasteiger partial charge in [0.05, 0.1) is 23.9 Å². The van der Waals surface area contributed by atoms with Gasteiger partial charge < -0.3 is 24.0 Å². The highest BCUT2D eigenvalue weighted by atomic mass is 35.5. The zero-order chi connectivity index (χ0) is 32.9. The fourth-order valence-corrected chi connectivity index (χ4v) is 6.40. The van der Waals surface area contributed by atoms with Crippen LogP contribution in [0.25, 0.3) is 16.9 Å². The van der Waals surface area contributed by atoms with Crippen LogP contribution in [-0.4, -0.2) is 69.6 Å². The molecule has 6 rings (SSSR count). The summed E-state index contributed by atoms with van der Waals surface area (Å²) in [5, 5.41) is 0.631. The second-order valence-corrected chi connectivity index (χ2v) is 13.3. The van der Waals surface area contributed by atoms with Gasteiger partial charge in [-0.05, 0) is 82.5 Å². The number of amides is 2. The molecule has 0 aliphatic carbocycles. The van der Waals surface area contributed by atoms with E-state index in [-0.39, 0.29) is 47.7 Å². The molecule has 2 aliphatic rings. The highest BCUT2D eigenvalue weighted by molar-refractivity contribution is 6.43. The molecule has 0 N–H and O–H groups in total. The molecule has 2 aromatic heterocycles. The number of rotatable bonds is 7. The van der Waals surface area contributed by atoms with E-state index in [1.54, 1.807) is 64.6 Å². The Bertz CT molecular complexity index is 1840. The molecule has 0 bridgehead atoms. The molecule has 1 unspecified atom stereocenters. The minimum atomic E-state index is -0.621. The maximum Gasteiger partial charge on any atom is 0.410 e. The maximum absolute atomic E-state index is 14.8. The topological polar surface area (TPSA) is 85.6 Å². The lowest BCUT2D eigenvalue weighted by Gasteiger charge is -2.42. The van der Waals surface area contributed by atoms with Crippen LogP contribution in [0.1, 0.15) is 61.3 Å². The lowest BCUT2D eigenvalue weighted by molar-refractivity contribution is -0.00872. The summed E-state index contributed by atoms with van der Waals surface area (Å²) < 4.78 is 33.4. The first-order valence-corrected chi connectivity index (χ1v) is 15.9. The number of hydrogen-bond donors (Lipinski definition) is 0. The zero-order valence-corrected chi connectivity index (χ0v) is 27.8. The van der Waals surface area contributed by atoms with E-state index in [2.05, 4.69) is 0 Å². The molecule has 1 fully saturated rings. The molecule has 2 atom stereocenters. The Balaban J connectivity index is 1.42. The van der Waals surface area contributed by atoms with Crippen molar-refractivity contribution in [2.45, 2.75) is 58.2 Å². The lowest BCUT2D eigenvalue weighted by Crippen LogP contribution is -2.54. The van der Waals surface area contributed by atoms with Gasteiger partial charge in [0.15, 0.2) is 11.6 Å². The molecule has 0 spiro atoms. The van der Waals surface area contributed by atoms with E-state index < -0.39 is 11.6 Å². The van der Waals surface area contributed by atoms with Gasteiger partial charge in [-0.3, -0.25) is 9.20 Å². The number of halogens is 3. The largest absolute Gasteiger partial charge is 0.489 e. The molecular formula is C34H35Cl2FN4O5. The Hall–Kier alpha value is -4.02. The highest BCUT2D eigenvalue weighted by Crippen LogP contribution is 2.45. The molecule has 2 amide bonds. The summed E-state index contributed by atoms with van der Waals surface area (Å²) in [5.74, 6) is 0.177. The van der Waals surface area contributed by atoms with Crippen molar-refractivity contribution < 1.29 is 28.2 Å². The second kappa shape index (κ2) is 12.3. The Labute approximate surface area is 276 Å². The van der Waals surface area contributed by atoms with Gasteiger partial charge in [-0.15, -0.1) is 0 Å². The highest BCUT2D eigenvalue weighted by Gasteiger charge is 2.40.